The predicted molar refractivity (Wildman–Crippen MR) is 117 cm³/mol. The largest absolute Gasteiger partial charge is 0.519 e. The number of carbonyl (C=O) groups excluding carboxylic acids is 1. The Hall–Kier alpha value is -3.85. The second kappa shape index (κ2) is 6.95. The minimum Gasteiger partial charge on any atom is -0.394 e. The van der Waals surface area contributed by atoms with Gasteiger partial charge in [-0.05, 0) is 35.2 Å². The summed E-state index contributed by atoms with van der Waals surface area (Å²) in [5.41, 5.74) is 1.15. The summed E-state index contributed by atoms with van der Waals surface area (Å²) in [6, 6.07) is 29.5. The quantitative estimate of drug-likeness (QED) is 0.188. The van der Waals surface area contributed by atoms with Crippen LogP contribution in [0.2, 0.25) is 0 Å². The maximum atomic E-state index is 12.7. The van der Waals surface area contributed by atoms with Gasteiger partial charge in [0.05, 0.1) is 0 Å². The molecule has 3 heteroatoms. The molecule has 0 atom stereocenters. The zero-order valence-electron chi connectivity index (χ0n) is 15.9. The Morgan fingerprint density at radius 3 is 2.17 bits per heavy atom. The molecule has 0 saturated heterocycles. The summed E-state index contributed by atoms with van der Waals surface area (Å²) in [7, 11) is 0. The third-order valence-corrected chi connectivity index (χ3v) is 5.10. The molecule has 29 heavy (non-hydrogen) atoms. The normalized spacial score (nSPS) is 11.1. The van der Waals surface area contributed by atoms with E-state index in [-0.39, 0.29) is 0 Å². The van der Waals surface area contributed by atoms with Crippen molar-refractivity contribution in [2.24, 2.45) is 0 Å². The van der Waals surface area contributed by atoms with Gasteiger partial charge in [0.25, 0.3) is 0 Å². The molecule has 5 aromatic rings. The lowest BCUT2D eigenvalue weighted by atomic mass is 10.0. The van der Waals surface area contributed by atoms with Crippen molar-refractivity contribution >= 4 is 38.5 Å². The van der Waals surface area contributed by atoms with Crippen LogP contribution in [0.25, 0.3) is 32.3 Å². The summed E-state index contributed by atoms with van der Waals surface area (Å²) >= 11 is 0. The highest BCUT2D eigenvalue weighted by atomic mass is 16.7. The van der Waals surface area contributed by atoms with Crippen molar-refractivity contribution in [2.75, 3.05) is 0 Å². The van der Waals surface area contributed by atoms with Crippen LogP contribution in [-0.4, -0.2) is 6.16 Å². The highest BCUT2D eigenvalue weighted by molar-refractivity contribution is 6.06. The fourth-order valence-corrected chi connectivity index (χ4v) is 3.74. The second-order valence-electron chi connectivity index (χ2n) is 7.08. The highest BCUT2D eigenvalue weighted by Gasteiger charge is 2.16. The van der Waals surface area contributed by atoms with Crippen LogP contribution in [0.3, 0.4) is 0 Å². The SMILES string of the molecule is Cc1ccc2c(OC(=O)Oc3cccc4ccccc34)c3ccccc3cc2c1. The zero-order chi connectivity index (χ0) is 19.8. The molecule has 0 amide bonds. The Bertz CT molecular complexity index is 1380. The summed E-state index contributed by atoms with van der Waals surface area (Å²) in [6.07, 6.45) is -0.750. The third-order valence-electron chi connectivity index (χ3n) is 5.10. The zero-order valence-corrected chi connectivity index (χ0v) is 15.9. The minimum absolute atomic E-state index is 0.480. The summed E-state index contributed by atoms with van der Waals surface area (Å²) in [5, 5.41) is 5.66. The number of carbonyl (C=O) groups is 1. The van der Waals surface area contributed by atoms with E-state index >= 15 is 0 Å². The number of hydrogen-bond donors (Lipinski definition) is 0. The topological polar surface area (TPSA) is 35.5 Å². The Morgan fingerprint density at radius 2 is 1.31 bits per heavy atom. The Kier molecular flexibility index (Phi) is 4.14. The Labute approximate surface area is 168 Å². The van der Waals surface area contributed by atoms with Gasteiger partial charge >= 0.3 is 6.16 Å². The predicted octanol–water partition coefficient (Wildman–Crippen LogP) is 7.03. The van der Waals surface area contributed by atoms with Crippen LogP contribution < -0.4 is 9.47 Å². The Morgan fingerprint density at radius 1 is 0.621 bits per heavy atom. The van der Waals surface area contributed by atoms with Crippen LogP contribution in [0.5, 0.6) is 11.5 Å². The van der Waals surface area contributed by atoms with Gasteiger partial charge in [-0.25, -0.2) is 4.79 Å². The lowest BCUT2D eigenvalue weighted by molar-refractivity contribution is 0.153. The number of fused-ring (bicyclic) bond motifs is 3. The fourth-order valence-electron chi connectivity index (χ4n) is 3.74. The molecule has 0 fully saturated rings. The molecule has 0 unspecified atom stereocenters. The molecule has 5 rings (SSSR count). The molecule has 0 aromatic heterocycles. The van der Waals surface area contributed by atoms with Crippen LogP contribution in [0.1, 0.15) is 5.56 Å². The standard InChI is InChI=1S/C26H18O3/c1-17-13-14-23-20(15-17)16-19-8-3-5-11-22(19)25(23)29-26(27)28-24-12-6-9-18-7-2-4-10-21(18)24/h2-16H,1H3. The number of hydrogen-bond acceptors (Lipinski definition) is 3. The first kappa shape index (κ1) is 17.3. The van der Waals surface area contributed by atoms with E-state index in [2.05, 4.69) is 12.1 Å². The van der Waals surface area contributed by atoms with Gasteiger partial charge in [-0.2, -0.15) is 0 Å². The summed E-state index contributed by atoms with van der Waals surface area (Å²) < 4.78 is 11.4. The molecule has 0 aliphatic rings. The molecule has 0 spiro atoms. The second-order valence-corrected chi connectivity index (χ2v) is 7.08. The van der Waals surface area contributed by atoms with Crippen molar-refractivity contribution in [3.63, 3.8) is 0 Å². The first-order valence-electron chi connectivity index (χ1n) is 9.48. The fraction of sp³-hybridized carbons (Fsp3) is 0.0385. The van der Waals surface area contributed by atoms with Gasteiger partial charge in [-0.1, -0.05) is 84.4 Å². The molecule has 3 nitrogen and oxygen atoms in total. The molecule has 0 saturated carbocycles. The van der Waals surface area contributed by atoms with Crippen LogP contribution >= 0.6 is 0 Å². The molecule has 0 aliphatic carbocycles. The molecule has 140 valence electrons. The van der Waals surface area contributed by atoms with Crippen molar-refractivity contribution in [2.45, 2.75) is 6.92 Å². The van der Waals surface area contributed by atoms with Gasteiger partial charge in [0.2, 0.25) is 0 Å². The van der Waals surface area contributed by atoms with Gasteiger partial charge in [-0.3, -0.25) is 0 Å². The molecule has 5 aromatic carbocycles. The lowest BCUT2D eigenvalue weighted by Gasteiger charge is -2.13. The van der Waals surface area contributed by atoms with Gasteiger partial charge in [0, 0.05) is 16.2 Å². The van der Waals surface area contributed by atoms with Crippen molar-refractivity contribution in [3.05, 3.63) is 96.6 Å². The van der Waals surface area contributed by atoms with Crippen LogP contribution in [0.4, 0.5) is 4.79 Å². The first-order valence-corrected chi connectivity index (χ1v) is 9.48. The number of aryl methyl sites for hydroxylation is 1. The first-order chi connectivity index (χ1) is 14.2. The monoisotopic (exact) mass is 378 g/mol. The highest BCUT2D eigenvalue weighted by Crippen LogP contribution is 2.36. The van der Waals surface area contributed by atoms with E-state index < -0.39 is 6.16 Å². The summed E-state index contributed by atoms with van der Waals surface area (Å²) in [4.78, 5) is 12.7. The van der Waals surface area contributed by atoms with Crippen molar-refractivity contribution in [1.29, 1.82) is 0 Å². The average molecular weight is 378 g/mol. The van der Waals surface area contributed by atoms with Crippen molar-refractivity contribution in [1.82, 2.24) is 0 Å². The summed E-state index contributed by atoms with van der Waals surface area (Å²) in [6.45, 7) is 2.05. The van der Waals surface area contributed by atoms with E-state index in [9.17, 15) is 4.79 Å². The molecule has 0 N–H and O–H groups in total. The smallest absolute Gasteiger partial charge is 0.394 e. The van der Waals surface area contributed by atoms with Gasteiger partial charge < -0.3 is 9.47 Å². The molecule has 0 heterocycles. The van der Waals surface area contributed by atoms with Gasteiger partial charge in [0.1, 0.15) is 11.5 Å². The third kappa shape index (κ3) is 3.17. The molecule has 0 aliphatic heterocycles. The average Bonchev–Trinajstić information content (AvgIpc) is 2.73. The minimum atomic E-state index is -0.750. The number of rotatable bonds is 2. The van der Waals surface area contributed by atoms with E-state index in [1.807, 2.05) is 79.7 Å². The van der Waals surface area contributed by atoms with Crippen molar-refractivity contribution in [3.8, 4) is 11.5 Å². The van der Waals surface area contributed by atoms with Gasteiger partial charge in [0.15, 0.2) is 0 Å². The van der Waals surface area contributed by atoms with E-state index in [4.69, 9.17) is 9.47 Å². The van der Waals surface area contributed by atoms with Crippen LogP contribution in [0.15, 0.2) is 91.0 Å². The van der Waals surface area contributed by atoms with Crippen LogP contribution in [-0.2, 0) is 0 Å². The summed E-state index contributed by atoms with van der Waals surface area (Å²) in [5.74, 6) is 0.997. The van der Waals surface area contributed by atoms with Gasteiger partial charge in [-0.15, -0.1) is 0 Å². The van der Waals surface area contributed by atoms with E-state index in [1.54, 1.807) is 6.07 Å². The lowest BCUT2D eigenvalue weighted by Crippen LogP contribution is -2.14. The molecular formula is C26H18O3. The molecular weight excluding hydrogens is 360 g/mol. The van der Waals surface area contributed by atoms with E-state index in [1.165, 1.54) is 0 Å². The van der Waals surface area contributed by atoms with Crippen LogP contribution in [0, 0.1) is 6.92 Å². The molecule has 0 radical (unpaired) electrons. The number of ether oxygens (including phenoxy) is 2. The van der Waals surface area contributed by atoms with E-state index in [0.717, 1.165) is 37.9 Å². The number of benzene rings is 5. The van der Waals surface area contributed by atoms with E-state index in [0.29, 0.717) is 11.5 Å². The van der Waals surface area contributed by atoms with Crippen molar-refractivity contribution < 1.29 is 14.3 Å². The molecule has 0 bridgehead atoms. The maximum Gasteiger partial charge on any atom is 0.519 e. The Balaban J connectivity index is 1.57. The maximum absolute atomic E-state index is 12.7.